The summed E-state index contributed by atoms with van der Waals surface area (Å²) in [6.45, 7) is 9.99. The molecular weight excluding hydrogens is 210 g/mol. The molecule has 1 aromatic rings. The molecule has 0 radical (unpaired) electrons. The summed E-state index contributed by atoms with van der Waals surface area (Å²) < 4.78 is 5.81. The molecular formula is C15H24NO+. The number of rotatable bonds is 8. The first-order valence-corrected chi connectivity index (χ1v) is 6.42. The number of benzene rings is 1. The van der Waals surface area contributed by atoms with E-state index in [1.807, 2.05) is 24.3 Å². The molecule has 1 aromatic carbocycles. The minimum Gasteiger partial charge on any atom is -0.487 e. The Morgan fingerprint density at radius 1 is 1.41 bits per heavy atom. The third-order valence-electron chi connectivity index (χ3n) is 2.93. The van der Waals surface area contributed by atoms with Gasteiger partial charge in [0.1, 0.15) is 18.9 Å². The van der Waals surface area contributed by atoms with Crippen molar-refractivity contribution in [1.82, 2.24) is 0 Å². The van der Waals surface area contributed by atoms with Crippen LogP contribution in [0, 0.1) is 0 Å². The molecule has 0 fully saturated rings. The Balaban J connectivity index is 2.38. The molecule has 2 nitrogen and oxygen atoms in total. The van der Waals surface area contributed by atoms with E-state index in [0.717, 1.165) is 25.3 Å². The molecule has 2 N–H and O–H groups in total. The maximum Gasteiger partial charge on any atom is 0.137 e. The van der Waals surface area contributed by atoms with Crippen molar-refractivity contribution in [2.45, 2.75) is 32.7 Å². The van der Waals surface area contributed by atoms with Crippen LogP contribution >= 0.6 is 0 Å². The topological polar surface area (TPSA) is 25.8 Å². The molecule has 2 heteroatoms. The van der Waals surface area contributed by atoms with E-state index >= 15 is 0 Å². The Kier molecular flexibility index (Phi) is 6.41. The number of allylic oxidation sites excluding steroid dienone is 1. The molecule has 94 valence electrons. The quantitative estimate of drug-likeness (QED) is 0.541. The van der Waals surface area contributed by atoms with E-state index in [-0.39, 0.29) is 0 Å². The summed E-state index contributed by atoms with van der Waals surface area (Å²) in [4.78, 5) is 0. The average molecular weight is 234 g/mol. The van der Waals surface area contributed by atoms with E-state index in [0.29, 0.717) is 6.04 Å². The molecule has 1 atom stereocenters. The fourth-order valence-electron chi connectivity index (χ4n) is 1.66. The van der Waals surface area contributed by atoms with Crippen molar-refractivity contribution >= 4 is 0 Å². The van der Waals surface area contributed by atoms with Crippen molar-refractivity contribution in [3.05, 3.63) is 42.5 Å². The Hall–Kier alpha value is -1.28. The Morgan fingerprint density at radius 3 is 2.88 bits per heavy atom. The third-order valence-corrected chi connectivity index (χ3v) is 2.93. The van der Waals surface area contributed by atoms with Gasteiger partial charge < -0.3 is 10.1 Å². The van der Waals surface area contributed by atoms with Crippen LogP contribution in [0.2, 0.25) is 0 Å². The highest BCUT2D eigenvalue weighted by Crippen LogP contribution is 2.18. The second-order valence-corrected chi connectivity index (χ2v) is 4.36. The SMILES string of the molecule is C=CCc1ccccc1OCC[NH2+][C@H](C)CC. The van der Waals surface area contributed by atoms with Gasteiger partial charge in [0, 0.05) is 0 Å². The van der Waals surface area contributed by atoms with Crippen LogP contribution in [0.4, 0.5) is 0 Å². The Morgan fingerprint density at radius 2 is 2.18 bits per heavy atom. The van der Waals surface area contributed by atoms with Gasteiger partial charge in [0.2, 0.25) is 0 Å². The highest BCUT2D eigenvalue weighted by atomic mass is 16.5. The van der Waals surface area contributed by atoms with Gasteiger partial charge in [-0.15, -0.1) is 6.58 Å². The first-order valence-electron chi connectivity index (χ1n) is 6.42. The number of quaternary nitrogens is 1. The van der Waals surface area contributed by atoms with Crippen molar-refractivity contribution in [2.24, 2.45) is 0 Å². The van der Waals surface area contributed by atoms with Gasteiger partial charge in [-0.3, -0.25) is 0 Å². The minimum atomic E-state index is 0.682. The molecule has 0 unspecified atom stereocenters. The normalized spacial score (nSPS) is 12.1. The second kappa shape index (κ2) is 7.91. The summed E-state index contributed by atoms with van der Waals surface area (Å²) in [6.07, 6.45) is 3.98. The van der Waals surface area contributed by atoms with Gasteiger partial charge >= 0.3 is 0 Å². The molecule has 0 aliphatic heterocycles. The summed E-state index contributed by atoms with van der Waals surface area (Å²) in [7, 11) is 0. The molecule has 0 aliphatic carbocycles. The first kappa shape index (κ1) is 13.8. The van der Waals surface area contributed by atoms with Gasteiger partial charge in [0.05, 0.1) is 6.04 Å². The van der Waals surface area contributed by atoms with E-state index in [4.69, 9.17) is 4.74 Å². The van der Waals surface area contributed by atoms with Gasteiger partial charge in [0.25, 0.3) is 0 Å². The summed E-state index contributed by atoms with van der Waals surface area (Å²) in [5.74, 6) is 0.991. The molecule has 0 aliphatic rings. The van der Waals surface area contributed by atoms with Crippen LogP contribution in [0.25, 0.3) is 0 Å². The van der Waals surface area contributed by atoms with Crippen LogP contribution in [-0.2, 0) is 6.42 Å². The fourth-order valence-corrected chi connectivity index (χ4v) is 1.66. The lowest BCUT2D eigenvalue weighted by molar-refractivity contribution is -0.686. The van der Waals surface area contributed by atoms with Crippen molar-refractivity contribution < 1.29 is 10.1 Å². The van der Waals surface area contributed by atoms with Crippen molar-refractivity contribution in [3.63, 3.8) is 0 Å². The van der Waals surface area contributed by atoms with Crippen molar-refractivity contribution in [2.75, 3.05) is 13.2 Å². The molecule has 0 heterocycles. The van der Waals surface area contributed by atoms with Crippen LogP contribution in [0.1, 0.15) is 25.8 Å². The Bertz CT molecular complexity index is 335. The first-order chi connectivity index (χ1) is 8.27. The predicted octanol–water partition coefficient (Wildman–Crippen LogP) is 2.16. The molecule has 1 rings (SSSR count). The standard InChI is InChI=1S/C15H23NO/c1-4-8-14-9-6-7-10-15(14)17-12-11-16-13(3)5-2/h4,6-7,9-10,13,16H,1,5,8,11-12H2,2-3H3/p+1/t13-/m1/s1. The molecule has 0 aromatic heterocycles. The predicted molar refractivity (Wildman–Crippen MR) is 72.4 cm³/mol. The molecule has 0 spiro atoms. The highest BCUT2D eigenvalue weighted by molar-refractivity contribution is 5.34. The highest BCUT2D eigenvalue weighted by Gasteiger charge is 2.03. The zero-order chi connectivity index (χ0) is 12.5. The number of hydrogen-bond donors (Lipinski definition) is 1. The Labute approximate surface area is 105 Å². The lowest BCUT2D eigenvalue weighted by Crippen LogP contribution is -2.90. The number of nitrogens with two attached hydrogens (primary N) is 1. The maximum atomic E-state index is 5.81. The molecule has 0 saturated heterocycles. The summed E-state index contributed by atoms with van der Waals surface area (Å²) >= 11 is 0. The molecule has 0 saturated carbocycles. The van der Waals surface area contributed by atoms with E-state index in [9.17, 15) is 0 Å². The molecule has 0 bridgehead atoms. The van der Waals surface area contributed by atoms with Gasteiger partial charge in [-0.2, -0.15) is 0 Å². The fraction of sp³-hybridized carbons (Fsp3) is 0.467. The van der Waals surface area contributed by atoms with Crippen LogP contribution in [-0.4, -0.2) is 19.2 Å². The zero-order valence-electron chi connectivity index (χ0n) is 11.0. The molecule has 0 amide bonds. The smallest absolute Gasteiger partial charge is 0.137 e. The minimum absolute atomic E-state index is 0.682. The van der Waals surface area contributed by atoms with E-state index < -0.39 is 0 Å². The second-order valence-electron chi connectivity index (χ2n) is 4.36. The number of para-hydroxylation sites is 1. The number of hydrogen-bond acceptors (Lipinski definition) is 1. The summed E-state index contributed by atoms with van der Waals surface area (Å²) in [5.41, 5.74) is 1.21. The molecule has 17 heavy (non-hydrogen) atoms. The van der Waals surface area contributed by atoms with Gasteiger partial charge in [0.15, 0.2) is 0 Å². The summed E-state index contributed by atoms with van der Waals surface area (Å²) in [6, 6.07) is 8.86. The van der Waals surface area contributed by atoms with Crippen LogP contribution in [0.3, 0.4) is 0 Å². The largest absolute Gasteiger partial charge is 0.487 e. The van der Waals surface area contributed by atoms with E-state index in [1.54, 1.807) is 0 Å². The average Bonchev–Trinajstić information content (AvgIpc) is 2.36. The maximum absolute atomic E-state index is 5.81. The van der Waals surface area contributed by atoms with E-state index in [1.165, 1.54) is 12.0 Å². The van der Waals surface area contributed by atoms with Crippen molar-refractivity contribution in [1.29, 1.82) is 0 Å². The van der Waals surface area contributed by atoms with Gasteiger partial charge in [-0.25, -0.2) is 0 Å². The third kappa shape index (κ3) is 5.05. The van der Waals surface area contributed by atoms with E-state index in [2.05, 4.69) is 31.8 Å². The van der Waals surface area contributed by atoms with Crippen LogP contribution < -0.4 is 10.1 Å². The number of ether oxygens (including phenoxy) is 1. The van der Waals surface area contributed by atoms with Gasteiger partial charge in [-0.05, 0) is 31.4 Å². The monoisotopic (exact) mass is 234 g/mol. The summed E-state index contributed by atoms with van der Waals surface area (Å²) in [5, 5.41) is 2.33. The van der Waals surface area contributed by atoms with Gasteiger partial charge in [-0.1, -0.05) is 31.2 Å². The van der Waals surface area contributed by atoms with Crippen LogP contribution in [0.5, 0.6) is 5.75 Å². The lowest BCUT2D eigenvalue weighted by Gasteiger charge is -2.11. The van der Waals surface area contributed by atoms with Crippen molar-refractivity contribution in [3.8, 4) is 5.75 Å². The van der Waals surface area contributed by atoms with Crippen LogP contribution in [0.15, 0.2) is 36.9 Å². The lowest BCUT2D eigenvalue weighted by atomic mass is 10.1. The zero-order valence-corrected chi connectivity index (χ0v) is 11.0.